The van der Waals surface area contributed by atoms with Gasteiger partial charge in [-0.15, -0.1) is 0 Å². The van der Waals surface area contributed by atoms with E-state index in [0.29, 0.717) is 43.0 Å². The summed E-state index contributed by atoms with van der Waals surface area (Å²) in [5.74, 6) is 0.590. The summed E-state index contributed by atoms with van der Waals surface area (Å²) >= 11 is 5.91. The van der Waals surface area contributed by atoms with E-state index >= 15 is 0 Å². The van der Waals surface area contributed by atoms with E-state index in [2.05, 4.69) is 4.90 Å². The Morgan fingerprint density at radius 1 is 1.43 bits per heavy atom. The van der Waals surface area contributed by atoms with Crippen LogP contribution in [0, 0.1) is 0 Å². The van der Waals surface area contributed by atoms with E-state index < -0.39 is 11.7 Å². The number of piperidine rings is 1. The van der Waals surface area contributed by atoms with E-state index in [0.717, 1.165) is 6.54 Å². The summed E-state index contributed by atoms with van der Waals surface area (Å²) in [4.78, 5) is 2.16. The molecule has 2 saturated heterocycles. The molecule has 1 aromatic carbocycles. The number of aliphatic hydroxyl groups excluding tert-OH is 1. The number of hydrogen-bond donors (Lipinski definition) is 2. The van der Waals surface area contributed by atoms with Crippen LogP contribution >= 0.6 is 11.6 Å². The zero-order valence-corrected chi connectivity index (χ0v) is 12.5. The van der Waals surface area contributed by atoms with Gasteiger partial charge in [-0.3, -0.25) is 4.90 Å². The molecule has 2 fully saturated rings. The molecular formula is C15H20ClNO4. The van der Waals surface area contributed by atoms with Gasteiger partial charge in [-0.05, 0) is 24.6 Å². The Balaban J connectivity index is 1.63. The molecule has 0 radical (unpaired) electrons. The van der Waals surface area contributed by atoms with Crippen molar-refractivity contribution in [3.63, 3.8) is 0 Å². The summed E-state index contributed by atoms with van der Waals surface area (Å²) in [6, 6.07) is 7.36. The topological polar surface area (TPSA) is 62.2 Å². The monoisotopic (exact) mass is 313 g/mol. The van der Waals surface area contributed by atoms with Gasteiger partial charge in [-0.2, -0.15) is 0 Å². The first-order valence-electron chi connectivity index (χ1n) is 7.17. The third kappa shape index (κ3) is 3.33. The maximum Gasteiger partial charge on any atom is 0.137 e. The van der Waals surface area contributed by atoms with Gasteiger partial charge in [0.2, 0.25) is 0 Å². The smallest absolute Gasteiger partial charge is 0.137 e. The molecule has 21 heavy (non-hydrogen) atoms. The van der Waals surface area contributed by atoms with Gasteiger partial charge in [0, 0.05) is 18.1 Å². The maximum absolute atomic E-state index is 10.7. The predicted octanol–water partition coefficient (Wildman–Crippen LogP) is 0.915. The summed E-state index contributed by atoms with van der Waals surface area (Å²) in [6.07, 6.45) is -0.250. The third-order valence-electron chi connectivity index (χ3n) is 4.21. The first-order chi connectivity index (χ1) is 10.1. The fourth-order valence-corrected chi connectivity index (χ4v) is 2.93. The standard InChI is InChI=1S/C15H20ClNO4/c16-11-2-1-3-13(6-11)21-10-15(19)9-17(5-4-14(15)18)12-7-20-8-12/h1-3,6,12,14,18-19H,4-5,7-10H2/t14-,15-/m0/s1. The van der Waals surface area contributed by atoms with Gasteiger partial charge in [0.1, 0.15) is 18.0 Å². The van der Waals surface area contributed by atoms with Crippen molar-refractivity contribution in [1.82, 2.24) is 4.90 Å². The molecule has 2 N–H and O–H groups in total. The number of ether oxygens (including phenoxy) is 2. The maximum atomic E-state index is 10.7. The molecule has 0 aliphatic carbocycles. The Morgan fingerprint density at radius 2 is 2.24 bits per heavy atom. The Kier molecular flexibility index (Phi) is 4.38. The Bertz CT molecular complexity index is 496. The zero-order chi connectivity index (χ0) is 14.9. The molecule has 2 aliphatic heterocycles. The summed E-state index contributed by atoms with van der Waals surface area (Å²) in [5, 5.41) is 21.4. The predicted molar refractivity (Wildman–Crippen MR) is 78.7 cm³/mol. The minimum absolute atomic E-state index is 0.0403. The second-order valence-electron chi connectivity index (χ2n) is 5.82. The molecule has 2 heterocycles. The van der Waals surface area contributed by atoms with E-state index in [-0.39, 0.29) is 6.61 Å². The van der Waals surface area contributed by atoms with Crippen LogP contribution in [0.3, 0.4) is 0 Å². The highest BCUT2D eigenvalue weighted by molar-refractivity contribution is 6.30. The largest absolute Gasteiger partial charge is 0.490 e. The lowest BCUT2D eigenvalue weighted by Gasteiger charge is -2.47. The number of β-amino-alcohol motifs (C(OH)–C–C–N with tert-alkyl or cyclic N) is 1. The van der Waals surface area contributed by atoms with Crippen LogP contribution in [-0.2, 0) is 4.74 Å². The summed E-state index contributed by atoms with van der Waals surface area (Å²) < 4.78 is 10.8. The highest BCUT2D eigenvalue weighted by atomic mass is 35.5. The number of aliphatic hydroxyl groups is 2. The molecule has 2 atom stereocenters. The van der Waals surface area contributed by atoms with E-state index in [1.54, 1.807) is 24.3 Å². The van der Waals surface area contributed by atoms with Gasteiger partial charge in [0.25, 0.3) is 0 Å². The Labute approximate surface area is 129 Å². The lowest BCUT2D eigenvalue weighted by molar-refractivity contribution is -0.167. The van der Waals surface area contributed by atoms with Crippen molar-refractivity contribution in [2.24, 2.45) is 0 Å². The average molecular weight is 314 g/mol. The molecule has 0 bridgehead atoms. The van der Waals surface area contributed by atoms with Crippen LogP contribution in [0.15, 0.2) is 24.3 Å². The van der Waals surface area contributed by atoms with Crippen molar-refractivity contribution in [2.45, 2.75) is 24.2 Å². The molecule has 0 spiro atoms. The van der Waals surface area contributed by atoms with Crippen LogP contribution in [0.1, 0.15) is 6.42 Å². The minimum Gasteiger partial charge on any atom is -0.490 e. The Morgan fingerprint density at radius 3 is 2.90 bits per heavy atom. The molecule has 0 unspecified atom stereocenters. The molecule has 0 saturated carbocycles. The SMILES string of the molecule is O[C@H]1CCN(C2COC2)C[C@]1(O)COc1cccc(Cl)c1. The number of rotatable bonds is 4. The van der Waals surface area contributed by atoms with Crippen LogP contribution in [0.25, 0.3) is 0 Å². The van der Waals surface area contributed by atoms with Crippen molar-refractivity contribution in [1.29, 1.82) is 0 Å². The lowest BCUT2D eigenvalue weighted by Crippen LogP contribution is -2.64. The van der Waals surface area contributed by atoms with Crippen LogP contribution in [-0.4, -0.2) is 65.8 Å². The van der Waals surface area contributed by atoms with Gasteiger partial charge in [0.05, 0.1) is 25.4 Å². The Hall–Kier alpha value is -0.850. The first-order valence-corrected chi connectivity index (χ1v) is 7.55. The minimum atomic E-state index is -1.27. The zero-order valence-electron chi connectivity index (χ0n) is 11.7. The van der Waals surface area contributed by atoms with E-state index in [1.807, 2.05) is 0 Å². The normalized spacial score (nSPS) is 30.9. The van der Waals surface area contributed by atoms with Gasteiger partial charge in [0.15, 0.2) is 0 Å². The van der Waals surface area contributed by atoms with Crippen molar-refractivity contribution < 1.29 is 19.7 Å². The second kappa shape index (κ2) is 6.10. The molecule has 2 aliphatic rings. The molecule has 3 rings (SSSR count). The van der Waals surface area contributed by atoms with E-state index in [4.69, 9.17) is 21.1 Å². The van der Waals surface area contributed by atoms with Crippen molar-refractivity contribution in [2.75, 3.05) is 32.9 Å². The van der Waals surface area contributed by atoms with Crippen molar-refractivity contribution >= 4 is 11.6 Å². The summed E-state index contributed by atoms with van der Waals surface area (Å²) in [7, 11) is 0. The second-order valence-corrected chi connectivity index (χ2v) is 6.25. The highest BCUT2D eigenvalue weighted by Crippen LogP contribution is 2.27. The van der Waals surface area contributed by atoms with Gasteiger partial charge in [-0.1, -0.05) is 17.7 Å². The number of hydrogen-bond acceptors (Lipinski definition) is 5. The average Bonchev–Trinajstić information content (AvgIpc) is 2.39. The molecule has 116 valence electrons. The van der Waals surface area contributed by atoms with Crippen LogP contribution < -0.4 is 4.74 Å². The molecule has 1 aromatic rings. The first kappa shape index (κ1) is 15.1. The van der Waals surface area contributed by atoms with Crippen molar-refractivity contribution in [3.8, 4) is 5.75 Å². The summed E-state index contributed by atoms with van der Waals surface area (Å²) in [5.41, 5.74) is -1.27. The number of likely N-dealkylation sites (tertiary alicyclic amines) is 1. The molecule has 0 amide bonds. The van der Waals surface area contributed by atoms with Crippen LogP contribution in [0.4, 0.5) is 0 Å². The van der Waals surface area contributed by atoms with Gasteiger partial charge >= 0.3 is 0 Å². The lowest BCUT2D eigenvalue weighted by atomic mass is 9.89. The molecule has 5 nitrogen and oxygen atoms in total. The fraction of sp³-hybridized carbons (Fsp3) is 0.600. The third-order valence-corrected chi connectivity index (χ3v) is 4.44. The quantitative estimate of drug-likeness (QED) is 0.865. The molecular weight excluding hydrogens is 294 g/mol. The van der Waals surface area contributed by atoms with Crippen LogP contribution in [0.5, 0.6) is 5.75 Å². The fourth-order valence-electron chi connectivity index (χ4n) is 2.75. The number of nitrogens with zero attached hydrogens (tertiary/aromatic N) is 1. The van der Waals surface area contributed by atoms with E-state index in [1.165, 1.54) is 0 Å². The van der Waals surface area contributed by atoms with Gasteiger partial charge < -0.3 is 19.7 Å². The summed E-state index contributed by atoms with van der Waals surface area (Å²) in [6.45, 7) is 2.60. The van der Waals surface area contributed by atoms with Crippen LogP contribution in [0.2, 0.25) is 5.02 Å². The van der Waals surface area contributed by atoms with E-state index in [9.17, 15) is 10.2 Å². The number of benzene rings is 1. The highest BCUT2D eigenvalue weighted by Gasteiger charge is 2.44. The van der Waals surface area contributed by atoms with Crippen molar-refractivity contribution in [3.05, 3.63) is 29.3 Å². The van der Waals surface area contributed by atoms with Gasteiger partial charge in [-0.25, -0.2) is 0 Å². The molecule has 0 aromatic heterocycles. The molecule has 6 heteroatoms. The number of halogens is 1.